The van der Waals surface area contributed by atoms with E-state index in [0.717, 1.165) is 13.1 Å². The first-order valence-electron chi connectivity index (χ1n) is 6.73. The second-order valence-electron chi connectivity index (χ2n) is 5.64. The molecule has 0 bridgehead atoms. The van der Waals surface area contributed by atoms with Crippen LogP contribution in [0.5, 0.6) is 0 Å². The molecule has 18 heavy (non-hydrogen) atoms. The second kappa shape index (κ2) is 6.09. The van der Waals surface area contributed by atoms with Gasteiger partial charge in [0.15, 0.2) is 0 Å². The summed E-state index contributed by atoms with van der Waals surface area (Å²) in [5.74, 6) is 1.17. The van der Waals surface area contributed by atoms with Crippen LogP contribution in [-0.4, -0.2) is 42.4 Å². The van der Waals surface area contributed by atoms with Gasteiger partial charge < -0.3 is 5.32 Å². The highest BCUT2D eigenvalue weighted by Gasteiger charge is 2.28. The van der Waals surface area contributed by atoms with Crippen LogP contribution in [0.15, 0.2) is 29.2 Å². The van der Waals surface area contributed by atoms with Gasteiger partial charge in [-0.15, -0.1) is 11.8 Å². The summed E-state index contributed by atoms with van der Waals surface area (Å²) in [4.78, 5) is 3.98. The minimum absolute atomic E-state index is 0.298. The quantitative estimate of drug-likeness (QED) is 0.842. The minimum Gasteiger partial charge on any atom is -0.314 e. The van der Waals surface area contributed by atoms with E-state index in [2.05, 4.69) is 55.3 Å². The number of hydrogen-bond donors (Lipinski definition) is 1. The van der Waals surface area contributed by atoms with Gasteiger partial charge in [0.05, 0.1) is 0 Å². The lowest BCUT2D eigenvalue weighted by atomic mass is 10.0. The van der Waals surface area contributed by atoms with E-state index in [4.69, 9.17) is 0 Å². The maximum Gasteiger partial charge on any atom is 0.0278 e. The zero-order valence-electron chi connectivity index (χ0n) is 11.7. The summed E-state index contributed by atoms with van der Waals surface area (Å²) in [5, 5.41) is 3.47. The Morgan fingerprint density at radius 1 is 1.28 bits per heavy atom. The number of nitrogens with one attached hydrogen (secondary N) is 1. The summed E-state index contributed by atoms with van der Waals surface area (Å²) in [6.45, 7) is 11.4. The average Bonchev–Trinajstić information content (AvgIpc) is 2.33. The van der Waals surface area contributed by atoms with Gasteiger partial charge in [0.1, 0.15) is 0 Å². The smallest absolute Gasteiger partial charge is 0.0278 e. The van der Waals surface area contributed by atoms with E-state index >= 15 is 0 Å². The monoisotopic (exact) mass is 264 g/mol. The zero-order chi connectivity index (χ0) is 13.0. The maximum atomic E-state index is 3.47. The Bertz CT molecular complexity index is 373. The van der Waals surface area contributed by atoms with E-state index in [1.54, 1.807) is 0 Å². The highest BCUT2D eigenvalue weighted by atomic mass is 32.2. The van der Waals surface area contributed by atoms with E-state index in [-0.39, 0.29) is 0 Å². The number of nitrogens with zero attached hydrogens (tertiary/aromatic N) is 1. The van der Waals surface area contributed by atoms with Gasteiger partial charge in [-0.1, -0.05) is 17.7 Å². The molecule has 1 aromatic rings. The molecule has 0 aliphatic carbocycles. The highest BCUT2D eigenvalue weighted by Crippen LogP contribution is 2.21. The van der Waals surface area contributed by atoms with Gasteiger partial charge in [0, 0.05) is 42.4 Å². The Morgan fingerprint density at radius 3 is 2.67 bits per heavy atom. The lowest BCUT2D eigenvalue weighted by Gasteiger charge is -2.42. The van der Waals surface area contributed by atoms with Crippen molar-refractivity contribution in [2.75, 3.05) is 31.9 Å². The fourth-order valence-corrected chi connectivity index (χ4v) is 3.22. The van der Waals surface area contributed by atoms with Crippen LogP contribution in [0.4, 0.5) is 0 Å². The Morgan fingerprint density at radius 2 is 2.00 bits per heavy atom. The molecule has 1 heterocycles. The van der Waals surface area contributed by atoms with Crippen LogP contribution in [0.2, 0.25) is 0 Å². The molecule has 1 aliphatic heterocycles. The molecule has 0 unspecified atom stereocenters. The normalized spacial score (nSPS) is 19.9. The van der Waals surface area contributed by atoms with Gasteiger partial charge in [0.25, 0.3) is 0 Å². The Kier molecular flexibility index (Phi) is 4.71. The molecule has 0 saturated carbocycles. The Balaban J connectivity index is 1.79. The van der Waals surface area contributed by atoms with Gasteiger partial charge in [-0.05, 0) is 32.9 Å². The molecular weight excluding hydrogens is 240 g/mol. The first kappa shape index (κ1) is 13.9. The molecule has 1 N–H and O–H groups in total. The van der Waals surface area contributed by atoms with Gasteiger partial charge in [-0.25, -0.2) is 0 Å². The molecule has 0 spiro atoms. The van der Waals surface area contributed by atoms with Crippen molar-refractivity contribution in [2.45, 2.75) is 31.2 Å². The first-order chi connectivity index (χ1) is 8.58. The van der Waals surface area contributed by atoms with Crippen LogP contribution < -0.4 is 5.32 Å². The molecule has 2 rings (SSSR count). The second-order valence-corrected chi connectivity index (χ2v) is 6.81. The summed E-state index contributed by atoms with van der Waals surface area (Å²) in [5.41, 5.74) is 1.63. The van der Waals surface area contributed by atoms with Crippen molar-refractivity contribution in [3.63, 3.8) is 0 Å². The first-order valence-corrected chi connectivity index (χ1v) is 7.72. The van der Waals surface area contributed by atoms with Crippen molar-refractivity contribution < 1.29 is 0 Å². The fraction of sp³-hybridized carbons (Fsp3) is 0.600. The van der Waals surface area contributed by atoms with Crippen LogP contribution in [0, 0.1) is 6.92 Å². The summed E-state index contributed by atoms with van der Waals surface area (Å²) in [6, 6.07) is 8.83. The average molecular weight is 264 g/mol. The van der Waals surface area contributed by atoms with E-state index in [0.29, 0.717) is 5.54 Å². The molecule has 1 fully saturated rings. The number of thioether (sulfide) groups is 1. The third kappa shape index (κ3) is 3.74. The van der Waals surface area contributed by atoms with Gasteiger partial charge in [-0.2, -0.15) is 0 Å². The summed E-state index contributed by atoms with van der Waals surface area (Å²) in [6.07, 6.45) is 0. The fourth-order valence-electron chi connectivity index (χ4n) is 2.35. The summed E-state index contributed by atoms with van der Waals surface area (Å²) >= 11 is 1.96. The summed E-state index contributed by atoms with van der Waals surface area (Å²) < 4.78 is 0. The van der Waals surface area contributed by atoms with Crippen LogP contribution >= 0.6 is 11.8 Å². The molecule has 100 valence electrons. The summed E-state index contributed by atoms with van der Waals surface area (Å²) in [7, 11) is 0. The number of benzene rings is 1. The Labute approximate surface area is 115 Å². The van der Waals surface area contributed by atoms with Gasteiger partial charge in [-0.3, -0.25) is 4.90 Å². The predicted octanol–water partition coefficient (Wildman–Crippen LogP) is 2.77. The van der Waals surface area contributed by atoms with Crippen molar-refractivity contribution in [3.8, 4) is 0 Å². The lowest BCUT2D eigenvalue weighted by molar-refractivity contribution is 0.0986. The molecule has 2 nitrogen and oxygen atoms in total. The third-order valence-corrected chi connectivity index (χ3v) is 4.62. The zero-order valence-corrected chi connectivity index (χ0v) is 12.5. The van der Waals surface area contributed by atoms with Crippen LogP contribution in [0.1, 0.15) is 19.4 Å². The van der Waals surface area contributed by atoms with Crippen molar-refractivity contribution in [2.24, 2.45) is 0 Å². The third-order valence-electron chi connectivity index (χ3n) is 3.62. The number of rotatable bonds is 4. The van der Waals surface area contributed by atoms with Crippen LogP contribution in [0.25, 0.3) is 0 Å². The number of hydrogen-bond acceptors (Lipinski definition) is 3. The molecule has 0 atom stereocenters. The van der Waals surface area contributed by atoms with Crippen molar-refractivity contribution in [1.82, 2.24) is 10.2 Å². The van der Waals surface area contributed by atoms with E-state index in [1.807, 2.05) is 11.8 Å². The topological polar surface area (TPSA) is 15.3 Å². The van der Waals surface area contributed by atoms with Crippen LogP contribution in [0.3, 0.4) is 0 Å². The molecule has 1 aromatic carbocycles. The minimum atomic E-state index is 0.298. The molecule has 3 heteroatoms. The van der Waals surface area contributed by atoms with E-state index in [1.165, 1.54) is 29.3 Å². The molecule has 0 aromatic heterocycles. The van der Waals surface area contributed by atoms with Crippen molar-refractivity contribution in [1.29, 1.82) is 0 Å². The molecular formula is C15H24N2S. The number of piperazine rings is 1. The standard InChI is InChI=1S/C15H24N2S/c1-13-4-6-14(7-5-13)18-11-10-17-9-8-16-12-15(17,2)3/h4-7,16H,8-12H2,1-3H3. The highest BCUT2D eigenvalue weighted by molar-refractivity contribution is 7.99. The van der Waals surface area contributed by atoms with Gasteiger partial charge in [0.2, 0.25) is 0 Å². The van der Waals surface area contributed by atoms with E-state index in [9.17, 15) is 0 Å². The van der Waals surface area contributed by atoms with Crippen molar-refractivity contribution in [3.05, 3.63) is 29.8 Å². The molecule has 0 radical (unpaired) electrons. The predicted molar refractivity (Wildman–Crippen MR) is 80.4 cm³/mol. The van der Waals surface area contributed by atoms with Gasteiger partial charge >= 0.3 is 0 Å². The van der Waals surface area contributed by atoms with E-state index < -0.39 is 0 Å². The molecule has 0 amide bonds. The largest absolute Gasteiger partial charge is 0.314 e. The maximum absolute atomic E-state index is 3.47. The number of aryl methyl sites for hydroxylation is 1. The molecule has 1 saturated heterocycles. The molecule has 1 aliphatic rings. The van der Waals surface area contributed by atoms with Crippen molar-refractivity contribution >= 4 is 11.8 Å². The lowest BCUT2D eigenvalue weighted by Crippen LogP contribution is -2.58. The SMILES string of the molecule is Cc1ccc(SCCN2CCNCC2(C)C)cc1. The van der Waals surface area contributed by atoms with Crippen LogP contribution in [-0.2, 0) is 0 Å². The Hall–Kier alpha value is -0.510.